The van der Waals surface area contributed by atoms with Gasteiger partial charge in [-0.3, -0.25) is 38.4 Å². The molecule has 0 radical (unpaired) electrons. The number of nitrogens with zero attached hydrogens (tertiary/aromatic N) is 3. The van der Waals surface area contributed by atoms with Crippen molar-refractivity contribution in [2.75, 3.05) is 65.9 Å². The monoisotopic (exact) mass is 1120 g/mol. The van der Waals surface area contributed by atoms with Crippen LogP contribution in [0.1, 0.15) is 105 Å². The fraction of sp³-hybridized carbons (Fsp3) is 0.673. The molecule has 8 amide bonds. The lowest BCUT2D eigenvalue weighted by Crippen LogP contribution is -2.58. The second-order valence-corrected chi connectivity index (χ2v) is 22.7. The number of hydrogen-bond donors (Lipinski definition) is 8. The van der Waals surface area contributed by atoms with Crippen molar-refractivity contribution in [3.05, 3.63) is 41.0 Å². The van der Waals surface area contributed by atoms with E-state index in [1.165, 1.54) is 11.8 Å². The van der Waals surface area contributed by atoms with Gasteiger partial charge in [-0.15, -0.1) is 11.3 Å². The van der Waals surface area contributed by atoms with E-state index in [1.807, 2.05) is 71.9 Å². The molecule has 0 spiro atoms. The van der Waals surface area contributed by atoms with Crippen LogP contribution in [0.5, 0.6) is 0 Å². The number of carbonyl (C=O) groups is 8. The Morgan fingerprint density at radius 3 is 1.94 bits per heavy atom. The number of amides is 8. The van der Waals surface area contributed by atoms with E-state index in [4.69, 9.17) is 18.9 Å². The van der Waals surface area contributed by atoms with E-state index in [9.17, 15) is 48.7 Å². The largest absolute Gasteiger partial charge is 0.391 e. The highest BCUT2D eigenvalue weighted by Crippen LogP contribution is 2.29. The van der Waals surface area contributed by atoms with Crippen molar-refractivity contribution < 1.29 is 62.4 Å². The highest BCUT2D eigenvalue weighted by atomic mass is 32.1. The summed E-state index contributed by atoms with van der Waals surface area (Å²) in [7, 11) is 0. The maximum atomic E-state index is 14.0. The zero-order valence-corrected chi connectivity index (χ0v) is 48.1. The number of β-amino-alcohol motifs (C(OH)–C–C–N with tert-alkyl or cyclic N) is 1. The van der Waals surface area contributed by atoms with Gasteiger partial charge in [0, 0.05) is 44.8 Å². The van der Waals surface area contributed by atoms with E-state index in [0.29, 0.717) is 13.0 Å². The van der Waals surface area contributed by atoms with Gasteiger partial charge in [0.05, 0.1) is 81.1 Å². The highest BCUT2D eigenvalue weighted by molar-refractivity contribution is 7.13. The minimum absolute atomic E-state index is 0.00571. The normalized spacial score (nSPS) is 18.2. The molecule has 0 unspecified atom stereocenters. The second-order valence-electron chi connectivity index (χ2n) is 21.8. The van der Waals surface area contributed by atoms with E-state index < -0.39 is 83.2 Å². The predicted molar refractivity (Wildman–Crippen MR) is 293 cm³/mol. The third-order valence-corrected chi connectivity index (χ3v) is 14.3. The first-order valence-electron chi connectivity index (χ1n) is 27.2. The first-order valence-corrected chi connectivity index (χ1v) is 28.1. The Hall–Kier alpha value is -6.10. The minimum Gasteiger partial charge on any atom is -0.391 e. The summed E-state index contributed by atoms with van der Waals surface area (Å²) in [4.78, 5) is 112. The topological polar surface area (TPSA) is 318 Å². The Labute approximate surface area is 468 Å². The number of aryl methyl sites for hydroxylation is 1. The third kappa shape index (κ3) is 22.2. The van der Waals surface area contributed by atoms with Crippen LogP contribution >= 0.6 is 11.3 Å². The number of aliphatic hydroxyl groups is 1. The number of rotatable bonds is 33. The summed E-state index contributed by atoms with van der Waals surface area (Å²) in [5, 5.41) is 39.4. The van der Waals surface area contributed by atoms with Crippen LogP contribution in [0.25, 0.3) is 10.4 Å². The molecule has 0 aliphatic carbocycles. The fourth-order valence-corrected chi connectivity index (χ4v) is 9.64. The number of carbonyl (C=O) groups excluding carboxylic acids is 8. The lowest BCUT2D eigenvalue weighted by atomic mass is 9.85. The number of hydrogen-bond acceptors (Lipinski definition) is 16. The molecule has 1 aromatic heterocycles. The molecule has 2 aliphatic heterocycles. The zero-order chi connectivity index (χ0) is 58.2. The van der Waals surface area contributed by atoms with E-state index in [1.54, 1.807) is 30.7 Å². The molecule has 438 valence electrons. The van der Waals surface area contributed by atoms with E-state index in [-0.39, 0.29) is 128 Å². The van der Waals surface area contributed by atoms with Crippen LogP contribution in [-0.2, 0) is 63.8 Å². The molecule has 24 heteroatoms. The molecule has 8 N–H and O–H groups in total. The SMILES string of the molecule is Cc1ncsc1-c1ccc(CNC(=O)[C@@H]2C[C@@H](O)CN2C(=O)[C@@H](NC(=O)CCOCCOCCOCCOCCC(=O)N[C@@H](C)C(=O)N[C@H](C(=O)N[C@@H](CC(C)C)C(=O)N[C@H](C#N)C[C@@H]2CCNC2=O)C(C)C)C(C)(C)C)cc1. The Morgan fingerprint density at radius 2 is 1.42 bits per heavy atom. The summed E-state index contributed by atoms with van der Waals surface area (Å²) in [5.41, 5.74) is 3.95. The van der Waals surface area contributed by atoms with Crippen molar-refractivity contribution >= 4 is 58.6 Å². The van der Waals surface area contributed by atoms with E-state index in [2.05, 4.69) is 42.2 Å². The first kappa shape index (κ1) is 65.4. The Balaban J connectivity index is 1.04. The quantitative estimate of drug-likeness (QED) is 0.0473. The molecule has 2 aromatic rings. The van der Waals surface area contributed by atoms with Crippen molar-refractivity contribution in [1.82, 2.24) is 47.1 Å². The number of thiazole rings is 1. The molecule has 79 heavy (non-hydrogen) atoms. The van der Waals surface area contributed by atoms with Gasteiger partial charge in [-0.25, -0.2) is 4.98 Å². The molecular formula is C55H84N10O13S. The van der Waals surface area contributed by atoms with Gasteiger partial charge in [-0.05, 0) is 61.5 Å². The van der Waals surface area contributed by atoms with Crippen LogP contribution < -0.4 is 37.2 Å². The maximum Gasteiger partial charge on any atom is 0.246 e. The summed E-state index contributed by atoms with van der Waals surface area (Å²) < 4.78 is 22.2. The summed E-state index contributed by atoms with van der Waals surface area (Å²) in [6.07, 6.45) is 0.108. The van der Waals surface area contributed by atoms with Gasteiger partial charge in [-0.1, -0.05) is 72.7 Å². The van der Waals surface area contributed by atoms with Crippen molar-refractivity contribution in [3.8, 4) is 16.5 Å². The Bertz CT molecular complexity index is 2370. The molecule has 8 atom stereocenters. The molecule has 23 nitrogen and oxygen atoms in total. The molecule has 4 rings (SSSR count). The number of likely N-dealkylation sites (tertiary alicyclic amines) is 1. The van der Waals surface area contributed by atoms with Gasteiger partial charge in [0.2, 0.25) is 47.3 Å². The van der Waals surface area contributed by atoms with Crippen LogP contribution in [0, 0.1) is 41.4 Å². The average Bonchev–Trinajstić information content (AvgIpc) is 4.17. The summed E-state index contributed by atoms with van der Waals surface area (Å²) in [6, 6.07) is 4.01. The first-order chi connectivity index (χ1) is 37.5. The average molecular weight is 1130 g/mol. The molecular weight excluding hydrogens is 1040 g/mol. The number of nitrogens with one attached hydrogen (secondary N) is 7. The summed E-state index contributed by atoms with van der Waals surface area (Å²) >= 11 is 1.56. The van der Waals surface area contributed by atoms with Crippen LogP contribution in [0.15, 0.2) is 29.8 Å². The number of benzene rings is 1. The molecule has 2 aliphatic rings. The van der Waals surface area contributed by atoms with Crippen molar-refractivity contribution in [2.45, 2.75) is 150 Å². The standard InChI is InChI=1S/C55H84N10O13S/c1-33(2)26-42(51(71)61-40(29-56)27-39-14-17-57-50(39)70)62-53(73)46(34(3)4)64-49(69)36(6)60-44(67)15-18-75-20-22-77-24-25-78-23-21-76-19-16-45(68)63-48(55(7,8)9)54(74)65-31-41(66)28-43(65)52(72)58-30-37-10-12-38(13-11-37)47-35(5)59-32-79-47/h10-13,32-34,36,39-43,46,48,66H,14-28,30-31H2,1-9H3,(H,57,70)(H,58,72)(H,60,67)(H,61,71)(H,62,73)(H,63,68)(H,64,69)/t36-,39-,40-,41+,42-,43-,46-,48+/m0/s1. The van der Waals surface area contributed by atoms with Gasteiger partial charge >= 0.3 is 0 Å². The van der Waals surface area contributed by atoms with Crippen LogP contribution in [0.4, 0.5) is 0 Å². The van der Waals surface area contributed by atoms with Crippen LogP contribution in [0.3, 0.4) is 0 Å². The van der Waals surface area contributed by atoms with E-state index in [0.717, 1.165) is 21.7 Å². The lowest BCUT2D eigenvalue weighted by molar-refractivity contribution is -0.144. The van der Waals surface area contributed by atoms with Gasteiger partial charge in [0.25, 0.3) is 0 Å². The number of nitriles is 1. The number of ether oxygens (including phenoxy) is 4. The number of aliphatic hydroxyl groups excluding tert-OH is 1. The van der Waals surface area contributed by atoms with Gasteiger partial charge in [0.1, 0.15) is 36.3 Å². The summed E-state index contributed by atoms with van der Waals surface area (Å²) in [5.74, 6) is -4.40. The van der Waals surface area contributed by atoms with Crippen molar-refractivity contribution in [2.24, 2.45) is 23.2 Å². The van der Waals surface area contributed by atoms with Gasteiger partial charge < -0.3 is 66.2 Å². The van der Waals surface area contributed by atoms with Crippen LogP contribution in [0.2, 0.25) is 0 Å². The maximum absolute atomic E-state index is 14.0. The second kappa shape index (κ2) is 32.8. The van der Waals surface area contributed by atoms with Crippen molar-refractivity contribution in [1.29, 1.82) is 5.26 Å². The fourth-order valence-electron chi connectivity index (χ4n) is 8.83. The molecule has 2 saturated heterocycles. The smallest absolute Gasteiger partial charge is 0.246 e. The Morgan fingerprint density at radius 1 is 0.823 bits per heavy atom. The Kier molecular flexibility index (Phi) is 27.2. The highest BCUT2D eigenvalue weighted by Gasteiger charge is 2.44. The lowest BCUT2D eigenvalue weighted by Gasteiger charge is -2.35. The minimum atomic E-state index is -1.04. The molecule has 1 aromatic carbocycles. The number of aromatic nitrogens is 1. The zero-order valence-electron chi connectivity index (χ0n) is 47.3. The predicted octanol–water partition coefficient (Wildman–Crippen LogP) is 1.79. The van der Waals surface area contributed by atoms with Crippen LogP contribution in [-0.4, -0.2) is 171 Å². The molecule has 0 bridgehead atoms. The molecule has 3 heterocycles. The molecule has 2 fully saturated rings. The van der Waals surface area contributed by atoms with E-state index >= 15 is 0 Å². The molecule has 0 saturated carbocycles. The van der Waals surface area contributed by atoms with Gasteiger partial charge in [-0.2, -0.15) is 5.26 Å². The van der Waals surface area contributed by atoms with Crippen molar-refractivity contribution in [3.63, 3.8) is 0 Å². The third-order valence-electron chi connectivity index (χ3n) is 13.3. The van der Waals surface area contributed by atoms with Gasteiger partial charge in [0.15, 0.2) is 0 Å². The summed E-state index contributed by atoms with van der Waals surface area (Å²) in [6.45, 7) is 18.4.